The predicted octanol–water partition coefficient (Wildman–Crippen LogP) is 1.23. The first-order valence-corrected chi connectivity index (χ1v) is 9.21. The van der Waals surface area contributed by atoms with Gasteiger partial charge in [0.05, 0.1) is 13.2 Å². The lowest BCUT2D eigenvalue weighted by Gasteiger charge is -2.32. The fourth-order valence-corrected chi connectivity index (χ4v) is 3.63. The van der Waals surface area contributed by atoms with Crippen molar-refractivity contribution in [2.45, 2.75) is 19.0 Å². The summed E-state index contributed by atoms with van der Waals surface area (Å²) in [6.45, 7) is 6.77. The van der Waals surface area contributed by atoms with Crippen molar-refractivity contribution in [3.8, 4) is 0 Å². The highest BCUT2D eigenvalue weighted by Gasteiger charge is 2.30. The number of hydrogen-bond acceptors (Lipinski definition) is 4. The Morgan fingerprint density at radius 1 is 1.28 bits per heavy atom. The molecule has 6 heteroatoms. The van der Waals surface area contributed by atoms with Gasteiger partial charge in [-0.15, -0.1) is 0 Å². The lowest BCUT2D eigenvalue weighted by Crippen LogP contribution is -2.46. The molecule has 1 atom stereocenters. The van der Waals surface area contributed by atoms with Crippen LogP contribution in [0.2, 0.25) is 0 Å². The predicted molar refractivity (Wildman–Crippen MR) is 103 cm³/mol. The van der Waals surface area contributed by atoms with E-state index in [2.05, 4.69) is 63.4 Å². The summed E-state index contributed by atoms with van der Waals surface area (Å²) in [5, 5.41) is 3.53. The second kappa shape index (κ2) is 8.54. The number of likely N-dealkylation sites (tertiary alicyclic amines) is 1. The number of aliphatic imine (C=N–C) groups is 1. The molecule has 0 aliphatic carbocycles. The molecule has 0 aromatic heterocycles. The Balaban J connectivity index is 1.54. The number of ether oxygens (including phenoxy) is 1. The topological polar surface area (TPSA) is 43.3 Å². The number of anilines is 1. The maximum Gasteiger partial charge on any atom is 0.193 e. The highest BCUT2D eigenvalue weighted by atomic mass is 16.5. The monoisotopic (exact) mass is 345 g/mol. The van der Waals surface area contributed by atoms with Gasteiger partial charge in [-0.1, -0.05) is 12.1 Å². The van der Waals surface area contributed by atoms with Crippen molar-refractivity contribution in [3.63, 3.8) is 0 Å². The molecule has 1 aromatic carbocycles. The Labute approximate surface area is 151 Å². The molecule has 1 N–H and O–H groups in total. The van der Waals surface area contributed by atoms with Crippen molar-refractivity contribution in [3.05, 3.63) is 29.8 Å². The molecule has 2 saturated heterocycles. The first-order chi connectivity index (χ1) is 12.2. The minimum Gasteiger partial charge on any atom is -0.379 e. The zero-order valence-electron chi connectivity index (χ0n) is 15.7. The molecule has 3 rings (SSSR count). The largest absolute Gasteiger partial charge is 0.379 e. The number of nitrogens with one attached hydrogen (secondary N) is 1. The van der Waals surface area contributed by atoms with Gasteiger partial charge in [0, 0.05) is 65.6 Å². The maximum absolute atomic E-state index is 5.47. The highest BCUT2D eigenvalue weighted by molar-refractivity contribution is 5.80. The van der Waals surface area contributed by atoms with E-state index in [1.807, 2.05) is 7.05 Å². The highest BCUT2D eigenvalue weighted by Crippen LogP contribution is 2.17. The summed E-state index contributed by atoms with van der Waals surface area (Å²) in [6, 6.07) is 9.25. The molecule has 0 saturated carbocycles. The van der Waals surface area contributed by atoms with E-state index in [1.54, 1.807) is 0 Å². The second-order valence-electron chi connectivity index (χ2n) is 7.00. The van der Waals surface area contributed by atoms with E-state index < -0.39 is 0 Å². The fourth-order valence-electron chi connectivity index (χ4n) is 3.63. The van der Waals surface area contributed by atoms with Crippen molar-refractivity contribution in [1.29, 1.82) is 0 Å². The molecule has 1 unspecified atom stereocenters. The van der Waals surface area contributed by atoms with E-state index in [0.29, 0.717) is 6.04 Å². The van der Waals surface area contributed by atoms with Crippen LogP contribution in [0.25, 0.3) is 0 Å². The lowest BCUT2D eigenvalue weighted by atomic mass is 10.2. The standard InChI is InChI=1S/C19H31N5O/c1-20-19(21-14-16-5-4-6-17(13-16)22(2)3)24-8-7-18(15-24)23-9-11-25-12-10-23/h4-6,13,18H,7-12,14-15H2,1-3H3,(H,20,21). The van der Waals surface area contributed by atoms with Gasteiger partial charge in [0.1, 0.15) is 0 Å². The van der Waals surface area contributed by atoms with Gasteiger partial charge in [-0.3, -0.25) is 9.89 Å². The Hall–Kier alpha value is -1.79. The Kier molecular flexibility index (Phi) is 6.15. The SMILES string of the molecule is CN=C(NCc1cccc(N(C)C)c1)N1CCC(N2CCOCC2)C1. The molecule has 0 spiro atoms. The third-order valence-electron chi connectivity index (χ3n) is 5.11. The van der Waals surface area contributed by atoms with Gasteiger partial charge < -0.3 is 19.9 Å². The quantitative estimate of drug-likeness (QED) is 0.657. The van der Waals surface area contributed by atoms with Crippen molar-refractivity contribution in [1.82, 2.24) is 15.1 Å². The first kappa shape index (κ1) is 18.0. The van der Waals surface area contributed by atoms with Crippen LogP contribution in [0, 0.1) is 0 Å². The molecule has 0 radical (unpaired) electrons. The van der Waals surface area contributed by atoms with Crippen molar-refractivity contribution in [2.75, 3.05) is 65.4 Å². The number of nitrogens with zero attached hydrogens (tertiary/aromatic N) is 4. The average molecular weight is 345 g/mol. The van der Waals surface area contributed by atoms with Crippen LogP contribution in [-0.4, -0.2) is 82.3 Å². The van der Waals surface area contributed by atoms with E-state index in [-0.39, 0.29) is 0 Å². The summed E-state index contributed by atoms with van der Waals surface area (Å²) in [7, 11) is 6.02. The molecule has 0 amide bonds. The van der Waals surface area contributed by atoms with Crippen LogP contribution in [0.1, 0.15) is 12.0 Å². The summed E-state index contributed by atoms with van der Waals surface area (Å²) in [6.07, 6.45) is 1.21. The molecule has 0 bridgehead atoms. The van der Waals surface area contributed by atoms with Crippen molar-refractivity contribution < 1.29 is 4.74 Å². The summed E-state index contributed by atoms with van der Waals surface area (Å²) in [4.78, 5) is 11.6. The third-order valence-corrected chi connectivity index (χ3v) is 5.11. The van der Waals surface area contributed by atoms with Gasteiger partial charge in [-0.25, -0.2) is 0 Å². The number of morpholine rings is 1. The molecule has 25 heavy (non-hydrogen) atoms. The zero-order chi connectivity index (χ0) is 17.6. The first-order valence-electron chi connectivity index (χ1n) is 9.21. The minimum atomic E-state index is 0.625. The fraction of sp³-hybridized carbons (Fsp3) is 0.632. The number of guanidine groups is 1. The van der Waals surface area contributed by atoms with Crippen LogP contribution < -0.4 is 10.2 Å². The molecular weight excluding hydrogens is 314 g/mol. The Morgan fingerprint density at radius 3 is 2.80 bits per heavy atom. The van der Waals surface area contributed by atoms with Crippen LogP contribution in [0.5, 0.6) is 0 Å². The van der Waals surface area contributed by atoms with Crippen LogP contribution in [-0.2, 0) is 11.3 Å². The van der Waals surface area contributed by atoms with E-state index in [9.17, 15) is 0 Å². The van der Waals surface area contributed by atoms with Crippen LogP contribution in [0.3, 0.4) is 0 Å². The summed E-state index contributed by atoms with van der Waals surface area (Å²) in [5.74, 6) is 1.01. The number of hydrogen-bond donors (Lipinski definition) is 1. The van der Waals surface area contributed by atoms with Gasteiger partial charge in [-0.05, 0) is 24.1 Å². The molecule has 6 nitrogen and oxygen atoms in total. The smallest absolute Gasteiger partial charge is 0.193 e. The summed E-state index contributed by atoms with van der Waals surface area (Å²) in [5.41, 5.74) is 2.50. The molecule has 138 valence electrons. The van der Waals surface area contributed by atoms with E-state index in [0.717, 1.165) is 51.9 Å². The second-order valence-corrected chi connectivity index (χ2v) is 7.00. The van der Waals surface area contributed by atoms with E-state index >= 15 is 0 Å². The summed E-state index contributed by atoms with van der Waals surface area (Å²) < 4.78 is 5.47. The molecule has 1 aromatic rings. The molecule has 2 heterocycles. The van der Waals surface area contributed by atoms with E-state index in [4.69, 9.17) is 4.74 Å². The van der Waals surface area contributed by atoms with Crippen molar-refractivity contribution in [2.24, 2.45) is 4.99 Å². The van der Waals surface area contributed by atoms with Gasteiger partial charge >= 0.3 is 0 Å². The lowest BCUT2D eigenvalue weighted by molar-refractivity contribution is 0.0195. The molecule has 2 aliphatic heterocycles. The summed E-state index contributed by atoms with van der Waals surface area (Å²) >= 11 is 0. The Morgan fingerprint density at radius 2 is 2.08 bits per heavy atom. The van der Waals surface area contributed by atoms with Crippen molar-refractivity contribution >= 4 is 11.6 Å². The zero-order valence-corrected chi connectivity index (χ0v) is 15.7. The number of benzene rings is 1. The molecule has 2 aliphatic rings. The Bertz CT molecular complexity index is 583. The maximum atomic E-state index is 5.47. The van der Waals surface area contributed by atoms with Crippen LogP contribution >= 0.6 is 0 Å². The molecule has 2 fully saturated rings. The van der Waals surface area contributed by atoms with Gasteiger partial charge in [0.25, 0.3) is 0 Å². The van der Waals surface area contributed by atoms with Crippen LogP contribution in [0.4, 0.5) is 5.69 Å². The molecular formula is C19H31N5O. The van der Waals surface area contributed by atoms with Gasteiger partial charge in [0.15, 0.2) is 5.96 Å². The number of rotatable bonds is 4. The van der Waals surface area contributed by atoms with Gasteiger partial charge in [0.2, 0.25) is 0 Å². The van der Waals surface area contributed by atoms with E-state index in [1.165, 1.54) is 17.7 Å². The average Bonchev–Trinajstić information content (AvgIpc) is 3.13. The minimum absolute atomic E-state index is 0.625. The van der Waals surface area contributed by atoms with Crippen LogP contribution in [0.15, 0.2) is 29.3 Å². The normalized spacial score (nSPS) is 22.3. The van der Waals surface area contributed by atoms with Gasteiger partial charge in [-0.2, -0.15) is 0 Å². The third kappa shape index (κ3) is 4.64.